The first-order chi connectivity index (χ1) is 7.75. The van der Waals surface area contributed by atoms with E-state index in [1.54, 1.807) is 18.3 Å². The number of benzene rings is 2. The van der Waals surface area contributed by atoms with E-state index in [1.165, 1.54) is 0 Å². The fourth-order valence-electron chi connectivity index (χ4n) is 1.37. The average Bonchev–Trinajstić information content (AvgIpc) is 2.30. The van der Waals surface area contributed by atoms with Crippen molar-refractivity contribution < 1.29 is 4.74 Å². The lowest BCUT2D eigenvalue weighted by Gasteiger charge is -2.02. The highest BCUT2D eigenvalue weighted by molar-refractivity contribution is 9.10. The maximum absolute atomic E-state index is 11.8. The molecule has 0 aliphatic carbocycles. The summed E-state index contributed by atoms with van der Waals surface area (Å²) in [6.07, 6.45) is 1.56. The molecule has 0 saturated heterocycles. The summed E-state index contributed by atoms with van der Waals surface area (Å²) in [6, 6.07) is 16.7. The molecule has 2 aromatic rings. The zero-order valence-electron chi connectivity index (χ0n) is 8.51. The average molecular weight is 276 g/mol. The van der Waals surface area contributed by atoms with Gasteiger partial charge in [0, 0.05) is 22.2 Å². The molecule has 0 aliphatic rings. The Kier molecular flexibility index (Phi) is 3.37. The molecule has 0 saturated carbocycles. The third-order valence-electron chi connectivity index (χ3n) is 2.13. The number of nitrogens with zero attached hydrogens (tertiary/aromatic N) is 1. The van der Waals surface area contributed by atoms with E-state index in [2.05, 4.69) is 15.9 Å². The van der Waals surface area contributed by atoms with Gasteiger partial charge in [-0.25, -0.2) is 0 Å². The van der Waals surface area contributed by atoms with Gasteiger partial charge in [0.2, 0.25) is 5.69 Å². The molecule has 3 heteroatoms. The second-order valence-corrected chi connectivity index (χ2v) is 4.26. The van der Waals surface area contributed by atoms with Crippen LogP contribution in [0.15, 0.2) is 59.1 Å². The first kappa shape index (κ1) is 10.9. The Morgan fingerprint density at radius 1 is 1.00 bits per heavy atom. The maximum atomic E-state index is 11.8. The molecule has 0 spiro atoms. The van der Waals surface area contributed by atoms with Crippen molar-refractivity contribution >= 4 is 27.8 Å². The monoisotopic (exact) mass is 275 g/mol. The van der Waals surface area contributed by atoms with E-state index in [-0.39, 0.29) is 0 Å². The number of halogens is 1. The van der Waals surface area contributed by atoms with Gasteiger partial charge < -0.3 is 5.21 Å². The van der Waals surface area contributed by atoms with E-state index < -0.39 is 0 Å². The van der Waals surface area contributed by atoms with Crippen LogP contribution < -0.4 is 0 Å². The number of hydrogen-bond acceptors (Lipinski definition) is 1. The Labute approximate surface area is 103 Å². The SMILES string of the molecule is [O-][N+](=Cc1cccc(Br)c1)c1ccccc1. The molecule has 0 fully saturated rings. The molecule has 80 valence electrons. The first-order valence-corrected chi connectivity index (χ1v) is 5.67. The molecule has 0 aliphatic heterocycles. The highest BCUT2D eigenvalue weighted by atomic mass is 79.9. The van der Waals surface area contributed by atoms with Crippen LogP contribution in [-0.4, -0.2) is 11.0 Å². The van der Waals surface area contributed by atoms with Crippen molar-refractivity contribution in [3.63, 3.8) is 0 Å². The van der Waals surface area contributed by atoms with Gasteiger partial charge in [-0.2, -0.15) is 4.74 Å². The first-order valence-electron chi connectivity index (χ1n) is 4.87. The van der Waals surface area contributed by atoms with Gasteiger partial charge in [-0.15, -0.1) is 0 Å². The van der Waals surface area contributed by atoms with Gasteiger partial charge in [-0.1, -0.05) is 40.2 Å². The minimum atomic E-state index is 0.627. The number of rotatable bonds is 2. The molecule has 0 amide bonds. The Bertz CT molecular complexity index is 508. The van der Waals surface area contributed by atoms with Crippen molar-refractivity contribution in [1.82, 2.24) is 0 Å². The van der Waals surface area contributed by atoms with E-state index in [9.17, 15) is 5.21 Å². The molecule has 0 heterocycles. The largest absolute Gasteiger partial charge is 0.618 e. The van der Waals surface area contributed by atoms with Crippen molar-refractivity contribution in [1.29, 1.82) is 0 Å². The molecular weight excluding hydrogens is 266 g/mol. The van der Waals surface area contributed by atoms with Gasteiger partial charge in [-0.3, -0.25) is 0 Å². The van der Waals surface area contributed by atoms with Gasteiger partial charge in [0.15, 0.2) is 6.21 Å². The second-order valence-electron chi connectivity index (χ2n) is 3.35. The lowest BCUT2D eigenvalue weighted by atomic mass is 10.2. The predicted octanol–water partition coefficient (Wildman–Crippen LogP) is 3.71. The summed E-state index contributed by atoms with van der Waals surface area (Å²) in [5.74, 6) is 0. The van der Waals surface area contributed by atoms with Crippen LogP contribution in [0, 0.1) is 5.21 Å². The molecule has 2 nitrogen and oxygen atoms in total. The second kappa shape index (κ2) is 4.94. The molecule has 0 aromatic heterocycles. The van der Waals surface area contributed by atoms with E-state index in [0.717, 1.165) is 14.8 Å². The van der Waals surface area contributed by atoms with Gasteiger partial charge >= 0.3 is 0 Å². The van der Waals surface area contributed by atoms with Crippen LogP contribution in [0.5, 0.6) is 0 Å². The molecular formula is C13H10BrNO. The Morgan fingerprint density at radius 2 is 1.75 bits per heavy atom. The summed E-state index contributed by atoms with van der Waals surface area (Å²) in [5.41, 5.74) is 1.50. The Balaban J connectivity index is 2.32. The van der Waals surface area contributed by atoms with Crippen molar-refractivity contribution in [2.24, 2.45) is 0 Å². The topological polar surface area (TPSA) is 26.1 Å². The zero-order valence-corrected chi connectivity index (χ0v) is 10.1. The van der Waals surface area contributed by atoms with Crippen LogP contribution >= 0.6 is 15.9 Å². The highest BCUT2D eigenvalue weighted by Gasteiger charge is 2.00. The number of hydrogen-bond donors (Lipinski definition) is 0. The van der Waals surface area contributed by atoms with Crippen molar-refractivity contribution in [2.45, 2.75) is 0 Å². The van der Waals surface area contributed by atoms with E-state index in [0.29, 0.717) is 5.69 Å². The standard InChI is InChI=1S/C13H10BrNO/c14-12-6-4-5-11(9-12)10-15(16)13-7-2-1-3-8-13/h1-10H. The quantitative estimate of drug-likeness (QED) is 0.355. The fraction of sp³-hybridized carbons (Fsp3) is 0. The molecule has 0 N–H and O–H groups in total. The molecule has 2 rings (SSSR count). The summed E-state index contributed by atoms with van der Waals surface area (Å²) in [4.78, 5) is 0. The van der Waals surface area contributed by atoms with Crippen molar-refractivity contribution in [2.75, 3.05) is 0 Å². The van der Waals surface area contributed by atoms with Crippen LogP contribution in [0.4, 0.5) is 5.69 Å². The van der Waals surface area contributed by atoms with Crippen molar-refractivity contribution in [3.8, 4) is 0 Å². The summed E-state index contributed by atoms with van der Waals surface area (Å²) in [6.45, 7) is 0. The normalized spacial score (nSPS) is 11.4. The van der Waals surface area contributed by atoms with Crippen molar-refractivity contribution in [3.05, 3.63) is 69.8 Å². The molecule has 16 heavy (non-hydrogen) atoms. The van der Waals surface area contributed by atoms with Crippen LogP contribution in [0.2, 0.25) is 0 Å². The van der Waals surface area contributed by atoms with E-state index in [1.807, 2.05) is 42.5 Å². The lowest BCUT2D eigenvalue weighted by Crippen LogP contribution is -1.98. The molecule has 0 atom stereocenters. The third-order valence-corrected chi connectivity index (χ3v) is 2.62. The summed E-state index contributed by atoms with van der Waals surface area (Å²) >= 11 is 3.37. The Morgan fingerprint density at radius 3 is 2.44 bits per heavy atom. The summed E-state index contributed by atoms with van der Waals surface area (Å²) < 4.78 is 1.82. The van der Waals surface area contributed by atoms with E-state index in [4.69, 9.17) is 0 Å². The van der Waals surface area contributed by atoms with Crippen LogP contribution in [0.25, 0.3) is 0 Å². The van der Waals surface area contributed by atoms with E-state index >= 15 is 0 Å². The summed E-state index contributed by atoms with van der Waals surface area (Å²) in [5, 5.41) is 11.8. The molecule has 0 radical (unpaired) electrons. The number of para-hydroxylation sites is 1. The van der Waals surface area contributed by atoms with Crippen LogP contribution in [0.1, 0.15) is 5.56 Å². The van der Waals surface area contributed by atoms with Gasteiger partial charge in [0.05, 0.1) is 0 Å². The minimum Gasteiger partial charge on any atom is -0.618 e. The smallest absolute Gasteiger partial charge is 0.216 e. The predicted molar refractivity (Wildman–Crippen MR) is 69.0 cm³/mol. The molecule has 2 aromatic carbocycles. The fourth-order valence-corrected chi connectivity index (χ4v) is 1.79. The van der Waals surface area contributed by atoms with Gasteiger partial charge in [0.25, 0.3) is 0 Å². The zero-order chi connectivity index (χ0) is 11.4. The lowest BCUT2D eigenvalue weighted by molar-refractivity contribution is -0.354. The third kappa shape index (κ3) is 2.70. The summed E-state index contributed by atoms with van der Waals surface area (Å²) in [7, 11) is 0. The Hall–Kier alpha value is -1.61. The van der Waals surface area contributed by atoms with Crippen LogP contribution in [-0.2, 0) is 0 Å². The van der Waals surface area contributed by atoms with Gasteiger partial charge in [-0.05, 0) is 18.2 Å². The maximum Gasteiger partial charge on any atom is 0.216 e. The molecule has 0 unspecified atom stereocenters. The van der Waals surface area contributed by atoms with Crippen LogP contribution in [0.3, 0.4) is 0 Å². The highest BCUT2D eigenvalue weighted by Crippen LogP contribution is 2.12. The minimum absolute atomic E-state index is 0.627. The van der Waals surface area contributed by atoms with Gasteiger partial charge in [0.1, 0.15) is 0 Å². The molecule has 0 bridgehead atoms.